The number of rotatable bonds is 3. The molecule has 0 amide bonds. The summed E-state index contributed by atoms with van der Waals surface area (Å²) in [6, 6.07) is 11.2. The summed E-state index contributed by atoms with van der Waals surface area (Å²) in [5, 5.41) is 3.16. The summed E-state index contributed by atoms with van der Waals surface area (Å²) >= 11 is 7.52. The Hall–Kier alpha value is -2.44. The van der Waals surface area contributed by atoms with Gasteiger partial charge in [0.25, 0.3) is 0 Å². The van der Waals surface area contributed by atoms with Gasteiger partial charge in [-0.2, -0.15) is 4.98 Å². The van der Waals surface area contributed by atoms with Crippen molar-refractivity contribution in [2.24, 2.45) is 0 Å². The van der Waals surface area contributed by atoms with Crippen LogP contribution in [0.25, 0.3) is 22.2 Å². The second kappa shape index (κ2) is 6.62. The molecular formula is C20H18ClN5S. The van der Waals surface area contributed by atoms with Crippen molar-refractivity contribution in [3.63, 3.8) is 0 Å². The normalized spacial score (nSPS) is 19.7. The molecule has 1 aromatic carbocycles. The molecule has 27 heavy (non-hydrogen) atoms. The summed E-state index contributed by atoms with van der Waals surface area (Å²) in [4.78, 5) is 8.47. The molecule has 1 aliphatic rings. The maximum absolute atomic E-state index is 6.03. The van der Waals surface area contributed by atoms with Crippen LogP contribution in [0.15, 0.2) is 48.1 Å². The zero-order valence-corrected chi connectivity index (χ0v) is 16.1. The minimum atomic E-state index is 0.201. The van der Waals surface area contributed by atoms with Gasteiger partial charge in [-0.15, -0.1) is 0 Å². The van der Waals surface area contributed by atoms with Gasteiger partial charge in [0.1, 0.15) is 11.5 Å². The fraction of sp³-hybridized carbons (Fsp3) is 0.250. The first-order valence-electron chi connectivity index (χ1n) is 8.98. The molecule has 3 heterocycles. The van der Waals surface area contributed by atoms with E-state index in [9.17, 15) is 0 Å². The van der Waals surface area contributed by atoms with Crippen LogP contribution in [0.1, 0.15) is 36.8 Å². The minimum Gasteiger partial charge on any atom is -0.383 e. The Morgan fingerprint density at radius 2 is 2.07 bits per heavy atom. The molecule has 2 atom stereocenters. The Labute approximate surface area is 166 Å². The van der Waals surface area contributed by atoms with Gasteiger partial charge in [-0.3, -0.25) is 0 Å². The van der Waals surface area contributed by atoms with Crippen LogP contribution < -0.4 is 5.73 Å². The van der Waals surface area contributed by atoms with Crippen molar-refractivity contribution in [3.05, 3.63) is 59.0 Å². The predicted molar refractivity (Wildman–Crippen MR) is 110 cm³/mol. The van der Waals surface area contributed by atoms with Crippen molar-refractivity contribution in [1.82, 2.24) is 18.9 Å². The van der Waals surface area contributed by atoms with Gasteiger partial charge in [-0.25, -0.2) is 9.36 Å². The molecule has 2 unspecified atom stereocenters. The Morgan fingerprint density at radius 1 is 1.15 bits per heavy atom. The summed E-state index contributed by atoms with van der Waals surface area (Å²) in [7, 11) is 0. The van der Waals surface area contributed by atoms with Crippen LogP contribution in [0.2, 0.25) is 5.28 Å². The minimum absolute atomic E-state index is 0.201. The van der Waals surface area contributed by atoms with Crippen molar-refractivity contribution < 1.29 is 0 Å². The van der Waals surface area contributed by atoms with E-state index in [-0.39, 0.29) is 5.28 Å². The van der Waals surface area contributed by atoms with Crippen molar-refractivity contribution >= 4 is 40.0 Å². The first kappa shape index (κ1) is 16.7. The average Bonchev–Trinajstić information content (AvgIpc) is 3.41. The average molecular weight is 396 g/mol. The highest BCUT2D eigenvalue weighted by atomic mass is 35.5. The Kier molecular flexibility index (Phi) is 4.10. The van der Waals surface area contributed by atoms with Gasteiger partial charge in [-0.05, 0) is 65.5 Å². The van der Waals surface area contributed by atoms with E-state index < -0.39 is 0 Å². The Bertz CT molecular complexity index is 1100. The number of fused-ring (bicyclic) bond motifs is 1. The van der Waals surface area contributed by atoms with E-state index in [1.54, 1.807) is 0 Å². The molecule has 4 aromatic rings. The van der Waals surface area contributed by atoms with Gasteiger partial charge >= 0.3 is 0 Å². The van der Waals surface area contributed by atoms with E-state index >= 15 is 0 Å². The third-order valence-corrected chi connectivity index (χ3v) is 6.25. The number of nitrogens with zero attached hydrogens (tertiary/aromatic N) is 4. The summed E-state index contributed by atoms with van der Waals surface area (Å²) in [5.41, 5.74) is 10.6. The van der Waals surface area contributed by atoms with Crippen molar-refractivity contribution in [2.45, 2.75) is 31.2 Å². The fourth-order valence-electron chi connectivity index (χ4n) is 4.16. The van der Waals surface area contributed by atoms with Crippen molar-refractivity contribution in [3.8, 4) is 11.1 Å². The number of benzene rings is 1. The molecule has 136 valence electrons. The molecule has 2 N–H and O–H groups in total. The standard InChI is InChI=1S/C20H18ClN5S/c21-20-24-18(22)17-6-7-26(19(17)25-20)16-5-4-14(9-16)12-2-1-3-13(8-12)15-10-23-27-11-15/h1-3,6-8,10-11,14,16H,4-5,9H2,(H2,22,24,25). The molecule has 1 fully saturated rings. The maximum Gasteiger partial charge on any atom is 0.226 e. The number of nitrogens with two attached hydrogens (primary N) is 1. The summed E-state index contributed by atoms with van der Waals surface area (Å²) < 4.78 is 6.43. The van der Waals surface area contributed by atoms with E-state index in [0.717, 1.165) is 30.3 Å². The molecule has 3 aromatic heterocycles. The highest BCUT2D eigenvalue weighted by Crippen LogP contribution is 2.43. The van der Waals surface area contributed by atoms with Gasteiger partial charge < -0.3 is 10.3 Å². The van der Waals surface area contributed by atoms with E-state index in [0.29, 0.717) is 17.8 Å². The van der Waals surface area contributed by atoms with E-state index in [2.05, 4.69) is 54.8 Å². The van der Waals surface area contributed by atoms with Crippen molar-refractivity contribution in [2.75, 3.05) is 5.73 Å². The first-order valence-corrected chi connectivity index (χ1v) is 10.2. The third-order valence-electron chi connectivity index (χ3n) is 5.50. The molecule has 0 radical (unpaired) electrons. The monoisotopic (exact) mass is 395 g/mol. The van der Waals surface area contributed by atoms with E-state index in [1.807, 2.05) is 12.3 Å². The molecular weight excluding hydrogens is 378 g/mol. The highest BCUT2D eigenvalue weighted by molar-refractivity contribution is 7.03. The summed E-state index contributed by atoms with van der Waals surface area (Å²) in [6.07, 6.45) is 7.34. The third kappa shape index (κ3) is 2.99. The van der Waals surface area contributed by atoms with Crippen LogP contribution in [-0.2, 0) is 0 Å². The van der Waals surface area contributed by atoms with Gasteiger partial charge in [0, 0.05) is 29.4 Å². The predicted octanol–water partition coefficient (Wildman–Crippen LogP) is 5.30. The zero-order chi connectivity index (χ0) is 18.4. The number of nitrogen functional groups attached to an aromatic ring is 1. The fourth-order valence-corrected chi connectivity index (χ4v) is 4.87. The van der Waals surface area contributed by atoms with Crippen LogP contribution in [0.5, 0.6) is 0 Å². The molecule has 0 saturated heterocycles. The topological polar surface area (TPSA) is 69.6 Å². The van der Waals surface area contributed by atoms with E-state index in [4.69, 9.17) is 17.3 Å². The van der Waals surface area contributed by atoms with E-state index in [1.165, 1.54) is 28.2 Å². The van der Waals surface area contributed by atoms with Crippen LogP contribution in [0.4, 0.5) is 5.82 Å². The second-order valence-corrected chi connectivity index (χ2v) is 8.04. The molecule has 0 aliphatic heterocycles. The van der Waals surface area contributed by atoms with Crippen LogP contribution >= 0.6 is 23.1 Å². The Morgan fingerprint density at radius 3 is 2.93 bits per heavy atom. The van der Waals surface area contributed by atoms with Crippen LogP contribution in [0, 0.1) is 0 Å². The first-order chi connectivity index (χ1) is 13.2. The maximum atomic E-state index is 6.03. The van der Waals surface area contributed by atoms with Crippen LogP contribution in [-0.4, -0.2) is 18.9 Å². The molecule has 1 aliphatic carbocycles. The molecule has 5 rings (SSSR count). The largest absolute Gasteiger partial charge is 0.383 e. The number of hydrogen-bond acceptors (Lipinski definition) is 5. The zero-order valence-electron chi connectivity index (χ0n) is 14.5. The molecule has 7 heteroatoms. The number of hydrogen-bond donors (Lipinski definition) is 1. The quantitative estimate of drug-likeness (QED) is 0.478. The lowest BCUT2D eigenvalue weighted by Crippen LogP contribution is -2.06. The molecule has 0 spiro atoms. The number of halogens is 1. The highest BCUT2D eigenvalue weighted by Gasteiger charge is 2.28. The lowest BCUT2D eigenvalue weighted by Gasteiger charge is -2.15. The van der Waals surface area contributed by atoms with Crippen molar-refractivity contribution in [1.29, 1.82) is 0 Å². The second-order valence-electron chi connectivity index (χ2n) is 7.04. The molecule has 5 nitrogen and oxygen atoms in total. The smallest absolute Gasteiger partial charge is 0.226 e. The molecule has 0 bridgehead atoms. The lowest BCUT2D eigenvalue weighted by atomic mass is 9.94. The van der Waals surface area contributed by atoms with Gasteiger partial charge in [0.05, 0.1) is 5.39 Å². The van der Waals surface area contributed by atoms with Gasteiger partial charge in [0.15, 0.2) is 0 Å². The Balaban J connectivity index is 1.43. The summed E-state index contributed by atoms with van der Waals surface area (Å²) in [6.45, 7) is 0. The summed E-state index contributed by atoms with van der Waals surface area (Å²) in [5.74, 6) is 0.976. The van der Waals surface area contributed by atoms with Gasteiger partial charge in [0.2, 0.25) is 5.28 Å². The van der Waals surface area contributed by atoms with Gasteiger partial charge in [-0.1, -0.05) is 24.3 Å². The van der Waals surface area contributed by atoms with Crippen LogP contribution in [0.3, 0.4) is 0 Å². The SMILES string of the molecule is Nc1nc(Cl)nc2c1ccn2C1CCC(c2cccc(-c3cnsc3)c2)C1. The lowest BCUT2D eigenvalue weighted by molar-refractivity contribution is 0.523. The number of aromatic nitrogens is 4. The molecule has 1 saturated carbocycles. The number of anilines is 1.